The highest BCUT2D eigenvalue weighted by Crippen LogP contribution is 2.06. The number of esters is 1. The van der Waals surface area contributed by atoms with E-state index in [4.69, 9.17) is 10.5 Å². The van der Waals surface area contributed by atoms with Crippen molar-refractivity contribution in [1.82, 2.24) is 9.78 Å². The second-order valence-electron chi connectivity index (χ2n) is 2.59. The molecule has 0 spiro atoms. The summed E-state index contributed by atoms with van der Waals surface area (Å²) in [5.74, 6) is -0.365. The van der Waals surface area contributed by atoms with Crippen LogP contribution >= 0.6 is 0 Å². The van der Waals surface area contributed by atoms with Gasteiger partial charge in [-0.25, -0.2) is 4.79 Å². The first kappa shape index (κ1) is 9.73. The molecule has 0 amide bonds. The highest BCUT2D eigenvalue weighted by molar-refractivity contribution is 5.90. The highest BCUT2D eigenvalue weighted by atomic mass is 16.5. The van der Waals surface area contributed by atoms with Gasteiger partial charge < -0.3 is 10.5 Å². The van der Waals surface area contributed by atoms with E-state index in [1.165, 1.54) is 0 Å². The Kier molecular flexibility index (Phi) is 3.02. The summed E-state index contributed by atoms with van der Waals surface area (Å²) in [6, 6.07) is 0. The minimum absolute atomic E-state index is 0.245. The highest BCUT2D eigenvalue weighted by Gasteiger charge is 2.14. The van der Waals surface area contributed by atoms with E-state index in [1.807, 2.05) is 0 Å². The van der Waals surface area contributed by atoms with E-state index in [1.54, 1.807) is 24.9 Å². The molecule has 0 aliphatic rings. The van der Waals surface area contributed by atoms with Crippen molar-refractivity contribution in [1.29, 1.82) is 0 Å². The van der Waals surface area contributed by atoms with Crippen molar-refractivity contribution >= 4 is 5.97 Å². The molecule has 1 aromatic heterocycles. The van der Waals surface area contributed by atoms with Crippen molar-refractivity contribution in [2.45, 2.75) is 13.5 Å². The largest absolute Gasteiger partial charge is 0.462 e. The van der Waals surface area contributed by atoms with E-state index >= 15 is 0 Å². The van der Waals surface area contributed by atoms with Crippen molar-refractivity contribution < 1.29 is 9.53 Å². The van der Waals surface area contributed by atoms with Crippen LogP contribution in [0.15, 0.2) is 6.20 Å². The Balaban J connectivity index is 2.91. The average molecular weight is 183 g/mol. The lowest BCUT2D eigenvalue weighted by Crippen LogP contribution is -2.09. The van der Waals surface area contributed by atoms with Gasteiger partial charge in [0.2, 0.25) is 0 Å². The molecule has 0 bridgehead atoms. The Morgan fingerprint density at radius 1 is 1.77 bits per heavy atom. The normalized spacial score (nSPS) is 10.1. The molecule has 0 aliphatic carbocycles. The summed E-state index contributed by atoms with van der Waals surface area (Å²) in [6.07, 6.45) is 1.61. The Morgan fingerprint density at radius 3 is 3.00 bits per heavy atom. The zero-order chi connectivity index (χ0) is 9.84. The maximum Gasteiger partial charge on any atom is 0.341 e. The molecule has 0 unspecified atom stereocenters. The standard InChI is InChI=1S/C8H13N3O2/c1-3-13-8(12)6-5-11(2)10-7(6)4-9/h5H,3-4,9H2,1-2H3. The maximum atomic E-state index is 11.3. The van der Waals surface area contributed by atoms with E-state index in [2.05, 4.69) is 5.10 Å². The Bertz CT molecular complexity index is 306. The third-order valence-electron chi connectivity index (χ3n) is 1.59. The van der Waals surface area contributed by atoms with Gasteiger partial charge in [0.15, 0.2) is 0 Å². The Hall–Kier alpha value is -1.36. The summed E-state index contributed by atoms with van der Waals surface area (Å²) in [4.78, 5) is 11.3. The van der Waals surface area contributed by atoms with Crippen LogP contribution in [0.5, 0.6) is 0 Å². The fraction of sp³-hybridized carbons (Fsp3) is 0.500. The summed E-state index contributed by atoms with van der Waals surface area (Å²) in [6.45, 7) is 2.36. The molecule has 0 aromatic carbocycles. The first-order valence-electron chi connectivity index (χ1n) is 4.08. The fourth-order valence-corrected chi connectivity index (χ4v) is 1.06. The first-order valence-corrected chi connectivity index (χ1v) is 4.08. The minimum Gasteiger partial charge on any atom is -0.462 e. The fourth-order valence-electron chi connectivity index (χ4n) is 1.06. The number of rotatable bonds is 3. The number of ether oxygens (including phenoxy) is 1. The van der Waals surface area contributed by atoms with E-state index in [-0.39, 0.29) is 12.5 Å². The molecule has 0 saturated heterocycles. The van der Waals surface area contributed by atoms with Crippen molar-refractivity contribution in [2.24, 2.45) is 12.8 Å². The maximum absolute atomic E-state index is 11.3. The number of carbonyl (C=O) groups excluding carboxylic acids is 1. The first-order chi connectivity index (χ1) is 6.19. The molecule has 1 heterocycles. The number of aromatic nitrogens is 2. The number of nitrogens with zero attached hydrogens (tertiary/aromatic N) is 2. The van der Waals surface area contributed by atoms with Crippen LogP contribution in [0.2, 0.25) is 0 Å². The number of carbonyl (C=O) groups is 1. The zero-order valence-electron chi connectivity index (χ0n) is 7.78. The molecule has 1 aromatic rings. The van der Waals surface area contributed by atoms with Crippen LogP contribution in [0.4, 0.5) is 0 Å². The van der Waals surface area contributed by atoms with Crippen molar-refractivity contribution in [3.63, 3.8) is 0 Å². The van der Waals surface area contributed by atoms with Crippen LogP contribution < -0.4 is 5.73 Å². The second-order valence-corrected chi connectivity index (χ2v) is 2.59. The van der Waals surface area contributed by atoms with Gasteiger partial charge in [-0.05, 0) is 6.92 Å². The van der Waals surface area contributed by atoms with E-state index < -0.39 is 0 Å². The van der Waals surface area contributed by atoms with Crippen molar-refractivity contribution in [2.75, 3.05) is 6.61 Å². The van der Waals surface area contributed by atoms with E-state index in [0.29, 0.717) is 17.9 Å². The molecule has 72 valence electrons. The SMILES string of the molecule is CCOC(=O)c1cn(C)nc1CN. The van der Waals surface area contributed by atoms with Crippen LogP contribution in [0.1, 0.15) is 23.0 Å². The quantitative estimate of drug-likeness (QED) is 0.672. The number of hydrogen-bond donors (Lipinski definition) is 1. The van der Waals surface area contributed by atoms with Gasteiger partial charge in [-0.15, -0.1) is 0 Å². The lowest BCUT2D eigenvalue weighted by Gasteiger charge is -1.99. The molecule has 0 saturated carbocycles. The van der Waals surface area contributed by atoms with E-state index in [9.17, 15) is 4.79 Å². The lowest BCUT2D eigenvalue weighted by atomic mass is 10.2. The van der Waals surface area contributed by atoms with Crippen molar-refractivity contribution in [3.05, 3.63) is 17.5 Å². The molecule has 13 heavy (non-hydrogen) atoms. The van der Waals surface area contributed by atoms with Gasteiger partial charge in [0.05, 0.1) is 12.3 Å². The molecule has 0 fully saturated rings. The molecule has 0 atom stereocenters. The molecule has 0 radical (unpaired) electrons. The summed E-state index contributed by atoms with van der Waals surface area (Å²) in [5.41, 5.74) is 6.44. The molecule has 5 nitrogen and oxygen atoms in total. The summed E-state index contributed by atoms with van der Waals surface area (Å²) in [5, 5.41) is 4.02. The van der Waals surface area contributed by atoms with Gasteiger partial charge in [-0.3, -0.25) is 4.68 Å². The summed E-state index contributed by atoms with van der Waals surface area (Å²) < 4.78 is 6.39. The van der Waals surface area contributed by atoms with Crippen LogP contribution in [0, 0.1) is 0 Å². The summed E-state index contributed by atoms with van der Waals surface area (Å²) in [7, 11) is 1.74. The summed E-state index contributed by atoms with van der Waals surface area (Å²) >= 11 is 0. The van der Waals surface area contributed by atoms with E-state index in [0.717, 1.165) is 0 Å². The molecule has 2 N–H and O–H groups in total. The lowest BCUT2D eigenvalue weighted by molar-refractivity contribution is 0.0525. The molecule has 0 aliphatic heterocycles. The predicted octanol–water partition coefficient (Wildman–Crippen LogP) is 0.0555. The average Bonchev–Trinajstić information content (AvgIpc) is 2.47. The third kappa shape index (κ3) is 2.06. The minimum atomic E-state index is -0.365. The monoisotopic (exact) mass is 183 g/mol. The van der Waals surface area contributed by atoms with Crippen LogP contribution in [0.3, 0.4) is 0 Å². The third-order valence-corrected chi connectivity index (χ3v) is 1.59. The van der Waals surface area contributed by atoms with Gasteiger partial charge in [-0.2, -0.15) is 5.10 Å². The molecule has 5 heteroatoms. The number of nitrogens with two attached hydrogens (primary N) is 1. The Labute approximate surface area is 76.5 Å². The zero-order valence-corrected chi connectivity index (χ0v) is 7.78. The molecule has 1 rings (SSSR count). The van der Waals surface area contributed by atoms with Gasteiger partial charge in [0.25, 0.3) is 0 Å². The molecular formula is C8H13N3O2. The van der Waals surface area contributed by atoms with Gasteiger partial charge >= 0.3 is 5.97 Å². The smallest absolute Gasteiger partial charge is 0.341 e. The second kappa shape index (κ2) is 4.04. The van der Waals surface area contributed by atoms with Gasteiger partial charge in [0.1, 0.15) is 5.56 Å². The van der Waals surface area contributed by atoms with Crippen molar-refractivity contribution in [3.8, 4) is 0 Å². The van der Waals surface area contributed by atoms with Crippen LogP contribution in [-0.4, -0.2) is 22.4 Å². The topological polar surface area (TPSA) is 70.1 Å². The predicted molar refractivity (Wildman–Crippen MR) is 47.1 cm³/mol. The van der Waals surface area contributed by atoms with Crippen LogP contribution in [-0.2, 0) is 18.3 Å². The number of aryl methyl sites for hydroxylation is 1. The van der Waals surface area contributed by atoms with Gasteiger partial charge in [-0.1, -0.05) is 0 Å². The molecular weight excluding hydrogens is 170 g/mol. The number of hydrogen-bond acceptors (Lipinski definition) is 4. The Morgan fingerprint density at radius 2 is 2.46 bits per heavy atom. The van der Waals surface area contributed by atoms with Gasteiger partial charge in [0, 0.05) is 19.8 Å². The van der Waals surface area contributed by atoms with Crippen LogP contribution in [0.25, 0.3) is 0 Å².